The fourth-order valence-electron chi connectivity index (χ4n) is 6.51. The number of hydrogen-bond donors (Lipinski definition) is 0. The monoisotopic (exact) mass is 320 g/mol. The molecule has 0 heterocycles. The van der Waals surface area contributed by atoms with Gasteiger partial charge < -0.3 is 0 Å². The quantitative estimate of drug-likeness (QED) is 0.492. The van der Waals surface area contributed by atoms with Crippen molar-refractivity contribution < 1.29 is 0 Å². The first kappa shape index (κ1) is 16.2. The molecule has 0 heteroatoms. The second-order valence-electron chi connectivity index (χ2n) is 9.04. The van der Waals surface area contributed by atoms with Crippen LogP contribution in [0.3, 0.4) is 0 Å². The topological polar surface area (TPSA) is 0 Å². The van der Waals surface area contributed by atoms with Crippen LogP contribution in [0, 0.1) is 28.6 Å². The second-order valence-corrected chi connectivity index (χ2v) is 9.04. The average molecular weight is 321 g/mol. The Bertz CT molecular complexity index is 685. The molecule has 0 amide bonds. The van der Waals surface area contributed by atoms with Crippen molar-refractivity contribution in [3.05, 3.63) is 59.8 Å². The van der Waals surface area contributed by atoms with Crippen LogP contribution in [-0.4, -0.2) is 0 Å². The van der Waals surface area contributed by atoms with E-state index in [-0.39, 0.29) is 5.41 Å². The lowest BCUT2D eigenvalue weighted by molar-refractivity contribution is 0.104. The van der Waals surface area contributed by atoms with Gasteiger partial charge in [-0.15, -0.1) is 0 Å². The molecule has 0 aromatic rings. The van der Waals surface area contributed by atoms with E-state index >= 15 is 0 Å². The molecule has 5 unspecified atom stereocenters. The molecule has 0 N–H and O–H groups in total. The Kier molecular flexibility index (Phi) is 3.61. The first-order valence-corrected chi connectivity index (χ1v) is 9.87. The van der Waals surface area contributed by atoms with Gasteiger partial charge in [0.1, 0.15) is 0 Å². The Balaban J connectivity index is 1.73. The summed E-state index contributed by atoms with van der Waals surface area (Å²) in [5.74, 6) is 2.36. The molecule has 4 aliphatic rings. The Morgan fingerprint density at radius 3 is 2.79 bits per heavy atom. The van der Waals surface area contributed by atoms with Gasteiger partial charge in [-0.3, -0.25) is 0 Å². The molecule has 0 spiro atoms. The normalized spacial score (nSPS) is 43.5. The highest BCUT2D eigenvalue weighted by Gasteiger charge is 2.55. The van der Waals surface area contributed by atoms with Crippen molar-refractivity contribution in [3.8, 4) is 0 Å². The number of hydrogen-bond acceptors (Lipinski definition) is 0. The predicted molar refractivity (Wildman–Crippen MR) is 104 cm³/mol. The van der Waals surface area contributed by atoms with E-state index in [0.717, 1.165) is 24.2 Å². The van der Waals surface area contributed by atoms with E-state index in [1.165, 1.54) is 43.3 Å². The van der Waals surface area contributed by atoms with Crippen molar-refractivity contribution in [1.29, 1.82) is 0 Å². The van der Waals surface area contributed by atoms with Gasteiger partial charge in [0.2, 0.25) is 0 Å². The van der Waals surface area contributed by atoms with Gasteiger partial charge in [-0.05, 0) is 74.2 Å². The smallest absolute Gasteiger partial charge is 0.0281 e. The van der Waals surface area contributed by atoms with E-state index < -0.39 is 0 Å². The Labute approximate surface area is 148 Å². The lowest BCUT2D eigenvalue weighted by Gasteiger charge is -2.52. The van der Waals surface area contributed by atoms with Gasteiger partial charge in [0.15, 0.2) is 0 Å². The minimum Gasteiger partial charge on any atom is -0.0996 e. The molecule has 0 bridgehead atoms. The van der Waals surface area contributed by atoms with Gasteiger partial charge >= 0.3 is 0 Å². The lowest BCUT2D eigenvalue weighted by atomic mass is 9.52. The largest absolute Gasteiger partial charge is 0.0996 e. The maximum Gasteiger partial charge on any atom is 0.0281 e. The molecular formula is C24H32. The standard InChI is InChI=1S/C24H32/c1-6-17(3)20-9-10-21-19-8-7-18-15-16(2)11-13-23(18,4)22(19)12-14-24(20,21)5/h11-13,15,19-21H,2-3,6-10,14H2,1,4-5H3. The highest BCUT2D eigenvalue weighted by atomic mass is 14.6. The van der Waals surface area contributed by atoms with E-state index in [1.54, 1.807) is 11.1 Å². The second kappa shape index (κ2) is 5.35. The predicted octanol–water partition coefficient (Wildman–Crippen LogP) is 6.78. The molecule has 5 atom stereocenters. The maximum atomic E-state index is 4.43. The summed E-state index contributed by atoms with van der Waals surface area (Å²) in [6.07, 6.45) is 17.4. The molecule has 2 saturated carbocycles. The van der Waals surface area contributed by atoms with E-state index in [0.29, 0.717) is 5.41 Å². The maximum absolute atomic E-state index is 4.43. The molecule has 24 heavy (non-hydrogen) atoms. The van der Waals surface area contributed by atoms with Crippen molar-refractivity contribution in [1.82, 2.24) is 0 Å². The zero-order valence-corrected chi connectivity index (χ0v) is 15.7. The van der Waals surface area contributed by atoms with Crippen molar-refractivity contribution in [2.45, 2.75) is 59.3 Å². The molecule has 0 aliphatic heterocycles. The average Bonchev–Trinajstić information content (AvgIpc) is 2.92. The Morgan fingerprint density at radius 1 is 1.25 bits per heavy atom. The first-order chi connectivity index (χ1) is 11.4. The third-order valence-electron chi connectivity index (χ3n) is 7.99. The summed E-state index contributed by atoms with van der Waals surface area (Å²) in [4.78, 5) is 0. The molecule has 0 radical (unpaired) electrons. The summed E-state index contributed by atoms with van der Waals surface area (Å²) >= 11 is 0. The summed E-state index contributed by atoms with van der Waals surface area (Å²) in [6.45, 7) is 15.9. The number of fused-ring (bicyclic) bond motifs is 5. The molecular weight excluding hydrogens is 288 g/mol. The molecule has 2 fully saturated rings. The van der Waals surface area contributed by atoms with E-state index in [1.807, 2.05) is 0 Å². The SMILES string of the molecule is C=C1C=CC2(C)C(=C1)CCC1C2=CCC2(C)C(C(=C)CC)CCC12. The molecule has 128 valence electrons. The Hall–Kier alpha value is -1.30. The van der Waals surface area contributed by atoms with Gasteiger partial charge in [-0.25, -0.2) is 0 Å². The van der Waals surface area contributed by atoms with Crippen LogP contribution in [0.2, 0.25) is 0 Å². The van der Waals surface area contributed by atoms with Crippen LogP contribution >= 0.6 is 0 Å². The molecule has 0 aromatic carbocycles. The third kappa shape index (κ3) is 2.04. The van der Waals surface area contributed by atoms with Crippen LogP contribution < -0.4 is 0 Å². The van der Waals surface area contributed by atoms with Crippen molar-refractivity contribution in [2.75, 3.05) is 0 Å². The van der Waals surface area contributed by atoms with E-state index in [9.17, 15) is 0 Å². The molecule has 0 nitrogen and oxygen atoms in total. The molecule has 0 saturated heterocycles. The summed E-state index contributed by atoms with van der Waals surface area (Å²) in [5.41, 5.74) is 6.57. The van der Waals surface area contributed by atoms with Gasteiger partial charge in [-0.2, -0.15) is 0 Å². The van der Waals surface area contributed by atoms with Crippen molar-refractivity contribution in [3.63, 3.8) is 0 Å². The zero-order valence-electron chi connectivity index (χ0n) is 15.7. The van der Waals surface area contributed by atoms with Crippen LogP contribution in [0.15, 0.2) is 59.8 Å². The van der Waals surface area contributed by atoms with Gasteiger partial charge in [0.25, 0.3) is 0 Å². The summed E-state index contributed by atoms with van der Waals surface area (Å²) in [5, 5.41) is 0. The highest BCUT2D eigenvalue weighted by Crippen LogP contribution is 2.65. The van der Waals surface area contributed by atoms with Crippen LogP contribution in [0.4, 0.5) is 0 Å². The lowest BCUT2D eigenvalue weighted by Crippen LogP contribution is -2.43. The van der Waals surface area contributed by atoms with Crippen LogP contribution in [-0.2, 0) is 0 Å². The summed E-state index contributed by atoms with van der Waals surface area (Å²) in [7, 11) is 0. The summed E-state index contributed by atoms with van der Waals surface area (Å²) in [6, 6.07) is 0. The van der Waals surface area contributed by atoms with E-state index in [2.05, 4.69) is 58.2 Å². The minimum absolute atomic E-state index is 0.158. The number of rotatable bonds is 2. The van der Waals surface area contributed by atoms with Crippen LogP contribution in [0.5, 0.6) is 0 Å². The third-order valence-corrected chi connectivity index (χ3v) is 7.99. The van der Waals surface area contributed by atoms with Crippen LogP contribution in [0.25, 0.3) is 0 Å². The van der Waals surface area contributed by atoms with Gasteiger partial charge in [-0.1, -0.05) is 68.0 Å². The zero-order chi connectivity index (χ0) is 17.1. The van der Waals surface area contributed by atoms with Crippen molar-refractivity contribution >= 4 is 0 Å². The highest BCUT2D eigenvalue weighted by molar-refractivity contribution is 5.50. The van der Waals surface area contributed by atoms with E-state index in [4.69, 9.17) is 0 Å². The fraction of sp³-hybridized carbons (Fsp3) is 0.583. The Morgan fingerprint density at radius 2 is 2.04 bits per heavy atom. The van der Waals surface area contributed by atoms with Gasteiger partial charge in [0.05, 0.1) is 0 Å². The molecule has 4 aliphatic carbocycles. The number of allylic oxidation sites excluding steroid dienone is 8. The molecule has 4 rings (SSSR count). The first-order valence-electron chi connectivity index (χ1n) is 9.87. The van der Waals surface area contributed by atoms with Crippen molar-refractivity contribution in [2.24, 2.45) is 28.6 Å². The van der Waals surface area contributed by atoms with Crippen LogP contribution in [0.1, 0.15) is 59.3 Å². The molecule has 0 aromatic heterocycles. The minimum atomic E-state index is 0.158. The summed E-state index contributed by atoms with van der Waals surface area (Å²) < 4.78 is 0. The fourth-order valence-corrected chi connectivity index (χ4v) is 6.51. The van der Waals surface area contributed by atoms with Gasteiger partial charge in [0, 0.05) is 5.41 Å².